The van der Waals surface area contributed by atoms with Crippen molar-refractivity contribution < 1.29 is 19.1 Å². The minimum atomic E-state index is -0.690. The minimum absolute atomic E-state index is 0.138. The van der Waals surface area contributed by atoms with Gasteiger partial charge in [-0.1, -0.05) is 42.5 Å². The molecule has 0 saturated carbocycles. The Bertz CT molecular complexity index is 1170. The SMILES string of the molecule is NC(=O)c1ccc(C(=O)Nc2ccc(-c3ccccc3)cc2)cc1NC(=O)CN1CCOCC1. The van der Waals surface area contributed by atoms with Crippen molar-refractivity contribution >= 4 is 29.1 Å². The fourth-order valence-electron chi connectivity index (χ4n) is 3.74. The topological polar surface area (TPSA) is 114 Å². The molecule has 3 aromatic carbocycles. The smallest absolute Gasteiger partial charge is 0.255 e. The van der Waals surface area contributed by atoms with E-state index >= 15 is 0 Å². The van der Waals surface area contributed by atoms with E-state index in [4.69, 9.17) is 10.5 Å². The van der Waals surface area contributed by atoms with Crippen LogP contribution in [-0.4, -0.2) is 55.5 Å². The number of morpholine rings is 1. The maximum atomic E-state index is 12.8. The zero-order chi connectivity index (χ0) is 23.9. The molecule has 3 amide bonds. The van der Waals surface area contributed by atoms with Gasteiger partial charge in [-0.15, -0.1) is 0 Å². The van der Waals surface area contributed by atoms with Gasteiger partial charge in [0.15, 0.2) is 0 Å². The molecular weight excluding hydrogens is 432 g/mol. The number of nitrogens with two attached hydrogens (primary N) is 1. The molecule has 0 atom stereocenters. The monoisotopic (exact) mass is 458 g/mol. The Morgan fingerprint density at radius 3 is 2.21 bits per heavy atom. The van der Waals surface area contributed by atoms with Gasteiger partial charge in [0.05, 0.1) is 31.0 Å². The largest absolute Gasteiger partial charge is 0.379 e. The Hall–Kier alpha value is -4.01. The molecule has 8 nitrogen and oxygen atoms in total. The molecule has 1 fully saturated rings. The van der Waals surface area contributed by atoms with E-state index in [0.29, 0.717) is 37.6 Å². The van der Waals surface area contributed by atoms with Gasteiger partial charge >= 0.3 is 0 Å². The molecule has 1 aliphatic heterocycles. The normalized spacial score (nSPS) is 13.8. The summed E-state index contributed by atoms with van der Waals surface area (Å²) in [6.07, 6.45) is 0. The van der Waals surface area contributed by atoms with Gasteiger partial charge in [0, 0.05) is 24.3 Å². The quantitative estimate of drug-likeness (QED) is 0.504. The summed E-state index contributed by atoms with van der Waals surface area (Å²) in [5, 5.41) is 5.56. The van der Waals surface area contributed by atoms with Crippen molar-refractivity contribution in [2.24, 2.45) is 5.73 Å². The van der Waals surface area contributed by atoms with Crippen molar-refractivity contribution in [2.45, 2.75) is 0 Å². The molecule has 1 saturated heterocycles. The van der Waals surface area contributed by atoms with Crippen LogP contribution in [0, 0.1) is 0 Å². The Morgan fingerprint density at radius 2 is 1.53 bits per heavy atom. The van der Waals surface area contributed by atoms with Gasteiger partial charge in [-0.3, -0.25) is 19.3 Å². The Morgan fingerprint density at radius 1 is 0.853 bits per heavy atom. The molecule has 4 N–H and O–H groups in total. The number of hydrogen-bond donors (Lipinski definition) is 3. The van der Waals surface area contributed by atoms with Crippen molar-refractivity contribution in [3.8, 4) is 11.1 Å². The van der Waals surface area contributed by atoms with Gasteiger partial charge in [0.2, 0.25) is 5.91 Å². The molecule has 0 aliphatic carbocycles. The van der Waals surface area contributed by atoms with E-state index in [0.717, 1.165) is 11.1 Å². The average Bonchev–Trinajstić information content (AvgIpc) is 2.85. The van der Waals surface area contributed by atoms with E-state index in [1.54, 1.807) is 0 Å². The number of rotatable bonds is 7. The molecule has 3 aromatic rings. The first kappa shape index (κ1) is 23.2. The maximum absolute atomic E-state index is 12.8. The number of carbonyl (C=O) groups is 3. The van der Waals surface area contributed by atoms with Gasteiger partial charge in [0.1, 0.15) is 0 Å². The highest BCUT2D eigenvalue weighted by Crippen LogP contribution is 2.22. The van der Waals surface area contributed by atoms with Crippen LogP contribution >= 0.6 is 0 Å². The third-order valence-electron chi connectivity index (χ3n) is 5.54. The molecule has 1 aliphatic rings. The summed E-state index contributed by atoms with van der Waals surface area (Å²) in [6, 6.07) is 21.8. The van der Waals surface area contributed by atoms with Crippen molar-refractivity contribution in [1.82, 2.24) is 4.90 Å². The number of nitrogens with zero attached hydrogens (tertiary/aromatic N) is 1. The van der Waals surface area contributed by atoms with E-state index in [1.807, 2.05) is 59.5 Å². The summed E-state index contributed by atoms with van der Waals surface area (Å²) < 4.78 is 5.29. The Labute approximate surface area is 197 Å². The number of carbonyl (C=O) groups excluding carboxylic acids is 3. The van der Waals surface area contributed by atoms with Crippen LogP contribution in [0.25, 0.3) is 11.1 Å². The molecule has 0 aromatic heterocycles. The molecular formula is C26H26N4O4. The van der Waals surface area contributed by atoms with Crippen LogP contribution in [0.5, 0.6) is 0 Å². The second-order valence-corrected chi connectivity index (χ2v) is 7.96. The van der Waals surface area contributed by atoms with Gasteiger partial charge in [-0.05, 0) is 41.5 Å². The third kappa shape index (κ3) is 5.86. The van der Waals surface area contributed by atoms with E-state index in [-0.39, 0.29) is 29.6 Å². The summed E-state index contributed by atoms with van der Waals surface area (Å²) in [6.45, 7) is 2.61. The van der Waals surface area contributed by atoms with Gasteiger partial charge in [0.25, 0.3) is 11.8 Å². The Kier molecular flexibility index (Phi) is 7.31. The first-order valence-corrected chi connectivity index (χ1v) is 11.0. The van der Waals surface area contributed by atoms with E-state index < -0.39 is 5.91 Å². The van der Waals surface area contributed by atoms with E-state index in [9.17, 15) is 14.4 Å². The number of primary amides is 1. The van der Waals surface area contributed by atoms with Crippen molar-refractivity contribution in [2.75, 3.05) is 43.5 Å². The molecule has 0 spiro atoms. The molecule has 1 heterocycles. The first-order chi connectivity index (χ1) is 16.5. The molecule has 4 rings (SSSR count). The molecule has 34 heavy (non-hydrogen) atoms. The lowest BCUT2D eigenvalue weighted by molar-refractivity contribution is -0.118. The van der Waals surface area contributed by atoms with Crippen molar-refractivity contribution in [3.63, 3.8) is 0 Å². The lowest BCUT2D eigenvalue weighted by atomic mass is 10.1. The number of hydrogen-bond acceptors (Lipinski definition) is 5. The summed E-state index contributed by atoms with van der Waals surface area (Å²) in [7, 11) is 0. The van der Waals surface area contributed by atoms with Crippen LogP contribution in [0.2, 0.25) is 0 Å². The van der Waals surface area contributed by atoms with Crippen molar-refractivity contribution in [3.05, 3.63) is 83.9 Å². The zero-order valence-electron chi connectivity index (χ0n) is 18.6. The highest BCUT2D eigenvalue weighted by atomic mass is 16.5. The van der Waals surface area contributed by atoms with Crippen LogP contribution in [0.3, 0.4) is 0 Å². The molecule has 0 radical (unpaired) electrons. The lowest BCUT2D eigenvalue weighted by Gasteiger charge is -2.26. The van der Waals surface area contributed by atoms with Gasteiger partial charge in [-0.2, -0.15) is 0 Å². The highest BCUT2D eigenvalue weighted by molar-refractivity contribution is 6.09. The fraction of sp³-hybridized carbons (Fsp3) is 0.192. The number of anilines is 2. The predicted molar refractivity (Wildman–Crippen MR) is 131 cm³/mol. The molecule has 0 unspecified atom stereocenters. The number of amides is 3. The number of benzene rings is 3. The fourth-order valence-corrected chi connectivity index (χ4v) is 3.74. The first-order valence-electron chi connectivity index (χ1n) is 11.0. The van der Waals surface area contributed by atoms with E-state index in [1.165, 1.54) is 18.2 Å². The maximum Gasteiger partial charge on any atom is 0.255 e. The molecule has 174 valence electrons. The Balaban J connectivity index is 1.46. The highest BCUT2D eigenvalue weighted by Gasteiger charge is 2.18. The average molecular weight is 459 g/mol. The minimum Gasteiger partial charge on any atom is -0.379 e. The van der Waals surface area contributed by atoms with Crippen LogP contribution in [-0.2, 0) is 9.53 Å². The molecule has 8 heteroatoms. The van der Waals surface area contributed by atoms with Crippen LogP contribution < -0.4 is 16.4 Å². The summed E-state index contributed by atoms with van der Waals surface area (Å²) in [5.41, 5.74) is 8.85. The van der Waals surface area contributed by atoms with Crippen molar-refractivity contribution in [1.29, 1.82) is 0 Å². The standard InChI is InChI=1S/C26H26N4O4/c27-25(32)22-11-8-20(16-23(22)29-24(31)17-30-12-14-34-15-13-30)26(33)28-21-9-6-19(7-10-21)18-4-2-1-3-5-18/h1-11,16H,12-15,17H2,(H2,27,32)(H,28,33)(H,29,31). The van der Waals surface area contributed by atoms with E-state index in [2.05, 4.69) is 10.6 Å². The predicted octanol–water partition coefficient (Wildman–Crippen LogP) is 2.98. The zero-order valence-corrected chi connectivity index (χ0v) is 18.6. The second kappa shape index (κ2) is 10.7. The summed E-state index contributed by atoms with van der Waals surface area (Å²) in [5.74, 6) is -1.35. The van der Waals surface area contributed by atoms with Gasteiger partial charge < -0.3 is 21.1 Å². The second-order valence-electron chi connectivity index (χ2n) is 7.96. The lowest BCUT2D eigenvalue weighted by Crippen LogP contribution is -2.41. The van der Waals surface area contributed by atoms with Crippen LogP contribution in [0.15, 0.2) is 72.8 Å². The van der Waals surface area contributed by atoms with Crippen LogP contribution in [0.4, 0.5) is 11.4 Å². The molecule has 0 bridgehead atoms. The van der Waals surface area contributed by atoms with Crippen LogP contribution in [0.1, 0.15) is 20.7 Å². The van der Waals surface area contributed by atoms with Gasteiger partial charge in [-0.25, -0.2) is 0 Å². The number of nitrogens with one attached hydrogen (secondary N) is 2. The third-order valence-corrected chi connectivity index (χ3v) is 5.54. The summed E-state index contributed by atoms with van der Waals surface area (Å²) >= 11 is 0. The summed E-state index contributed by atoms with van der Waals surface area (Å²) in [4.78, 5) is 39.2. The number of ether oxygens (including phenoxy) is 1.